The first-order chi connectivity index (χ1) is 13.1. The van der Waals surface area contributed by atoms with Crippen molar-refractivity contribution in [2.24, 2.45) is 4.99 Å². The molecule has 0 aliphatic carbocycles. The van der Waals surface area contributed by atoms with Crippen LogP contribution in [0.25, 0.3) is 0 Å². The van der Waals surface area contributed by atoms with Crippen molar-refractivity contribution in [3.05, 3.63) is 15.6 Å². The van der Waals surface area contributed by atoms with Gasteiger partial charge in [0, 0.05) is 37.4 Å². The quantitative estimate of drug-likeness (QED) is 0.230. The lowest BCUT2D eigenvalue weighted by molar-refractivity contribution is -0.143. The van der Waals surface area contributed by atoms with Crippen molar-refractivity contribution < 1.29 is 9.53 Å². The molecule has 0 saturated heterocycles. The Bertz CT molecular complexity index is 553. The van der Waals surface area contributed by atoms with Gasteiger partial charge in [0.1, 0.15) is 0 Å². The number of esters is 1. The van der Waals surface area contributed by atoms with Crippen molar-refractivity contribution >= 4 is 23.3 Å². The first-order valence-electron chi connectivity index (χ1n) is 10.2. The van der Waals surface area contributed by atoms with Crippen LogP contribution < -0.4 is 10.6 Å². The van der Waals surface area contributed by atoms with Crippen LogP contribution >= 0.6 is 11.3 Å². The zero-order valence-corrected chi connectivity index (χ0v) is 18.2. The number of nitrogens with one attached hydrogen (secondary N) is 2. The smallest absolute Gasteiger partial charge is 0.305 e. The van der Waals surface area contributed by atoms with Crippen molar-refractivity contribution in [2.75, 3.05) is 26.2 Å². The molecule has 0 amide bonds. The summed E-state index contributed by atoms with van der Waals surface area (Å²) < 4.78 is 4.93. The second-order valence-electron chi connectivity index (χ2n) is 6.51. The number of rotatable bonds is 13. The van der Waals surface area contributed by atoms with Gasteiger partial charge in [-0.2, -0.15) is 0 Å². The summed E-state index contributed by atoms with van der Waals surface area (Å²) in [4.78, 5) is 21.8. The predicted molar refractivity (Wildman–Crippen MR) is 114 cm³/mol. The van der Waals surface area contributed by atoms with Crippen LogP contribution in [0.1, 0.15) is 68.0 Å². The number of hydrogen-bond acceptors (Lipinski definition) is 5. The van der Waals surface area contributed by atoms with E-state index in [9.17, 15) is 4.79 Å². The molecule has 0 aliphatic heterocycles. The van der Waals surface area contributed by atoms with E-state index in [1.165, 1.54) is 9.88 Å². The van der Waals surface area contributed by atoms with Crippen molar-refractivity contribution in [1.29, 1.82) is 0 Å². The molecular formula is C20H36N4O2S. The molecule has 1 rings (SSSR count). The molecular weight excluding hydrogens is 360 g/mol. The van der Waals surface area contributed by atoms with Crippen molar-refractivity contribution in [2.45, 2.75) is 72.6 Å². The van der Waals surface area contributed by atoms with E-state index in [0.29, 0.717) is 13.0 Å². The largest absolute Gasteiger partial charge is 0.466 e. The molecule has 2 N–H and O–H groups in total. The highest BCUT2D eigenvalue weighted by Gasteiger charge is 2.04. The molecule has 0 atom stereocenters. The summed E-state index contributed by atoms with van der Waals surface area (Å²) in [5.74, 6) is 0.802. The molecule has 0 spiro atoms. The number of aryl methyl sites for hydroxylation is 2. The summed E-state index contributed by atoms with van der Waals surface area (Å²) in [6, 6.07) is 0. The van der Waals surface area contributed by atoms with E-state index >= 15 is 0 Å². The standard InChI is InChI=1S/C20H36N4O2S/c1-5-21-20(23-15-13-18-24-16(3)17(4)27-18)22-14-11-9-7-8-10-12-19(25)26-6-2/h5-15H2,1-4H3,(H2,21,22,23). The van der Waals surface area contributed by atoms with Gasteiger partial charge in [0.05, 0.1) is 17.3 Å². The summed E-state index contributed by atoms with van der Waals surface area (Å²) in [5, 5.41) is 7.86. The van der Waals surface area contributed by atoms with Gasteiger partial charge >= 0.3 is 5.97 Å². The molecule has 0 fully saturated rings. The van der Waals surface area contributed by atoms with Gasteiger partial charge in [0.2, 0.25) is 0 Å². The average Bonchev–Trinajstić information content (AvgIpc) is 2.95. The van der Waals surface area contributed by atoms with Gasteiger partial charge < -0.3 is 15.4 Å². The Balaban J connectivity index is 2.14. The summed E-state index contributed by atoms with van der Waals surface area (Å²) in [7, 11) is 0. The minimum atomic E-state index is -0.0773. The van der Waals surface area contributed by atoms with Crippen LogP contribution in [0.2, 0.25) is 0 Å². The van der Waals surface area contributed by atoms with E-state index < -0.39 is 0 Å². The van der Waals surface area contributed by atoms with Crippen LogP contribution in [0.4, 0.5) is 0 Å². The summed E-state index contributed by atoms with van der Waals surface area (Å²) in [6.45, 7) is 11.1. The van der Waals surface area contributed by atoms with Crippen LogP contribution in [0, 0.1) is 13.8 Å². The fourth-order valence-electron chi connectivity index (χ4n) is 2.61. The highest BCUT2D eigenvalue weighted by atomic mass is 32.1. The van der Waals surface area contributed by atoms with E-state index in [1.807, 2.05) is 6.92 Å². The predicted octanol–water partition coefficient (Wildman–Crippen LogP) is 3.76. The van der Waals surface area contributed by atoms with Gasteiger partial charge in [-0.25, -0.2) is 4.98 Å². The second-order valence-corrected chi connectivity index (χ2v) is 7.80. The summed E-state index contributed by atoms with van der Waals surface area (Å²) in [6.07, 6.45) is 6.81. The molecule has 1 heterocycles. The van der Waals surface area contributed by atoms with Crippen LogP contribution in [-0.4, -0.2) is 43.2 Å². The van der Waals surface area contributed by atoms with E-state index in [0.717, 1.165) is 69.8 Å². The van der Waals surface area contributed by atoms with Crippen molar-refractivity contribution in [3.63, 3.8) is 0 Å². The van der Waals surface area contributed by atoms with Crippen LogP contribution in [0.15, 0.2) is 4.99 Å². The second kappa shape index (κ2) is 14.4. The number of unbranched alkanes of at least 4 members (excludes halogenated alkanes) is 4. The molecule has 0 aromatic carbocycles. The Morgan fingerprint density at radius 1 is 1.11 bits per heavy atom. The maximum absolute atomic E-state index is 11.3. The Hall–Kier alpha value is -1.63. The molecule has 27 heavy (non-hydrogen) atoms. The Morgan fingerprint density at radius 2 is 1.85 bits per heavy atom. The monoisotopic (exact) mass is 396 g/mol. The van der Waals surface area contributed by atoms with Crippen molar-refractivity contribution in [1.82, 2.24) is 15.6 Å². The van der Waals surface area contributed by atoms with E-state index in [1.54, 1.807) is 11.3 Å². The minimum Gasteiger partial charge on any atom is -0.466 e. The van der Waals surface area contributed by atoms with Crippen LogP contribution in [0.5, 0.6) is 0 Å². The highest BCUT2D eigenvalue weighted by Crippen LogP contribution is 2.16. The number of aromatic nitrogens is 1. The van der Waals surface area contributed by atoms with Gasteiger partial charge in [-0.15, -0.1) is 11.3 Å². The third-order valence-corrected chi connectivity index (χ3v) is 5.30. The van der Waals surface area contributed by atoms with Gasteiger partial charge in [0.25, 0.3) is 0 Å². The van der Waals surface area contributed by atoms with Gasteiger partial charge in [-0.05, 0) is 40.5 Å². The zero-order chi connectivity index (χ0) is 19.9. The molecule has 1 aromatic rings. The average molecular weight is 397 g/mol. The number of carbonyl (C=O) groups excluding carboxylic acids is 1. The fourth-order valence-corrected chi connectivity index (χ4v) is 3.54. The lowest BCUT2D eigenvalue weighted by Gasteiger charge is -2.10. The minimum absolute atomic E-state index is 0.0773. The summed E-state index contributed by atoms with van der Waals surface area (Å²) >= 11 is 1.77. The maximum atomic E-state index is 11.3. The number of aliphatic imine (C=N–C) groups is 1. The fraction of sp³-hybridized carbons (Fsp3) is 0.750. The lowest BCUT2D eigenvalue weighted by Crippen LogP contribution is -2.38. The highest BCUT2D eigenvalue weighted by molar-refractivity contribution is 7.11. The van der Waals surface area contributed by atoms with Gasteiger partial charge in [0.15, 0.2) is 5.96 Å². The SMILES string of the molecule is CCNC(=NCCCCCCCC(=O)OCC)NCCc1nc(C)c(C)s1. The molecule has 0 unspecified atom stereocenters. The normalized spacial score (nSPS) is 11.5. The molecule has 0 saturated carbocycles. The van der Waals surface area contributed by atoms with E-state index in [-0.39, 0.29) is 5.97 Å². The lowest BCUT2D eigenvalue weighted by atomic mass is 10.1. The first kappa shape index (κ1) is 23.4. The summed E-state index contributed by atoms with van der Waals surface area (Å²) in [5.41, 5.74) is 1.14. The number of thiazole rings is 1. The third kappa shape index (κ3) is 11.0. The van der Waals surface area contributed by atoms with Crippen molar-refractivity contribution in [3.8, 4) is 0 Å². The number of hydrogen-bond donors (Lipinski definition) is 2. The number of nitrogens with zero attached hydrogens (tertiary/aromatic N) is 2. The molecule has 7 heteroatoms. The topological polar surface area (TPSA) is 75.6 Å². The molecule has 6 nitrogen and oxygen atoms in total. The molecule has 0 bridgehead atoms. The number of guanidine groups is 1. The van der Waals surface area contributed by atoms with Crippen LogP contribution in [0.3, 0.4) is 0 Å². The zero-order valence-electron chi connectivity index (χ0n) is 17.4. The van der Waals surface area contributed by atoms with Gasteiger partial charge in [-0.3, -0.25) is 9.79 Å². The Kier molecular flexibility index (Phi) is 12.5. The number of carbonyl (C=O) groups is 1. The third-order valence-electron chi connectivity index (χ3n) is 4.16. The van der Waals surface area contributed by atoms with Crippen LogP contribution in [-0.2, 0) is 16.0 Å². The Labute approximate surface area is 168 Å². The van der Waals surface area contributed by atoms with Gasteiger partial charge in [-0.1, -0.05) is 19.3 Å². The molecule has 154 valence electrons. The number of ether oxygens (including phenoxy) is 1. The van der Waals surface area contributed by atoms with E-state index in [4.69, 9.17) is 4.74 Å². The first-order valence-corrected chi connectivity index (χ1v) is 11.0. The van der Waals surface area contributed by atoms with E-state index in [2.05, 4.69) is 41.4 Å². The molecule has 1 aromatic heterocycles. The Morgan fingerprint density at radius 3 is 2.52 bits per heavy atom. The molecule has 0 radical (unpaired) electrons. The maximum Gasteiger partial charge on any atom is 0.305 e. The molecule has 0 aliphatic rings.